The smallest absolute Gasteiger partial charge is 0.230 e. The van der Waals surface area contributed by atoms with Crippen LogP contribution < -0.4 is 4.90 Å². The molecule has 2 aromatic heterocycles. The van der Waals surface area contributed by atoms with E-state index in [1.807, 2.05) is 73.3 Å². The standard InChI is InChI=1S/C23H22ClN5OS2/c1-14-10-15(2)20(19(24)11-14)29(16(3)30)22-25-18(12-31-22)13-32-23-27-26-21(28(23)4)17-8-6-5-7-9-17/h5-12H,13H2,1-4H3. The number of hydrogen-bond donors (Lipinski definition) is 0. The highest BCUT2D eigenvalue weighted by atomic mass is 35.5. The molecule has 32 heavy (non-hydrogen) atoms. The number of rotatable bonds is 6. The first kappa shape index (κ1) is 22.5. The monoisotopic (exact) mass is 483 g/mol. The first-order valence-electron chi connectivity index (χ1n) is 9.94. The zero-order valence-corrected chi connectivity index (χ0v) is 20.6. The van der Waals surface area contributed by atoms with Gasteiger partial charge >= 0.3 is 0 Å². The molecule has 6 nitrogen and oxygen atoms in total. The van der Waals surface area contributed by atoms with E-state index in [9.17, 15) is 4.79 Å². The largest absolute Gasteiger partial charge is 0.305 e. The van der Waals surface area contributed by atoms with Crippen LogP contribution >= 0.6 is 34.7 Å². The lowest BCUT2D eigenvalue weighted by atomic mass is 10.1. The van der Waals surface area contributed by atoms with Gasteiger partial charge in [0, 0.05) is 30.7 Å². The Kier molecular flexibility index (Phi) is 6.64. The summed E-state index contributed by atoms with van der Waals surface area (Å²) in [6, 6.07) is 13.8. The highest BCUT2D eigenvalue weighted by molar-refractivity contribution is 7.98. The Morgan fingerprint density at radius 1 is 1.19 bits per heavy atom. The molecule has 0 N–H and O–H groups in total. The minimum absolute atomic E-state index is 0.131. The number of halogens is 1. The lowest BCUT2D eigenvalue weighted by molar-refractivity contribution is -0.115. The third-order valence-corrected chi connectivity index (χ3v) is 7.10. The third-order valence-electron chi connectivity index (χ3n) is 4.88. The van der Waals surface area contributed by atoms with Crippen molar-refractivity contribution in [2.75, 3.05) is 4.90 Å². The molecule has 0 bridgehead atoms. The predicted molar refractivity (Wildman–Crippen MR) is 132 cm³/mol. The van der Waals surface area contributed by atoms with Gasteiger partial charge in [0.1, 0.15) is 0 Å². The van der Waals surface area contributed by atoms with E-state index in [-0.39, 0.29) is 5.91 Å². The minimum Gasteiger partial charge on any atom is -0.305 e. The van der Waals surface area contributed by atoms with Crippen LogP contribution in [0.5, 0.6) is 0 Å². The molecule has 4 rings (SSSR count). The van der Waals surface area contributed by atoms with Gasteiger partial charge in [0.05, 0.1) is 16.4 Å². The van der Waals surface area contributed by atoms with Crippen LogP contribution in [0, 0.1) is 13.8 Å². The summed E-state index contributed by atoms with van der Waals surface area (Å²) in [4.78, 5) is 18.8. The van der Waals surface area contributed by atoms with Crippen LogP contribution in [0.3, 0.4) is 0 Å². The molecule has 0 aliphatic heterocycles. The topological polar surface area (TPSA) is 63.9 Å². The van der Waals surface area contributed by atoms with Crippen LogP contribution in [0.25, 0.3) is 11.4 Å². The van der Waals surface area contributed by atoms with Gasteiger partial charge in [0.2, 0.25) is 5.91 Å². The highest BCUT2D eigenvalue weighted by Crippen LogP contribution is 2.38. The molecular weight excluding hydrogens is 462 g/mol. The van der Waals surface area contributed by atoms with Crippen molar-refractivity contribution in [2.24, 2.45) is 7.05 Å². The molecule has 0 saturated heterocycles. The van der Waals surface area contributed by atoms with Crippen molar-refractivity contribution in [1.29, 1.82) is 0 Å². The van der Waals surface area contributed by atoms with Crippen molar-refractivity contribution in [2.45, 2.75) is 31.7 Å². The molecule has 2 aromatic carbocycles. The van der Waals surface area contributed by atoms with Gasteiger partial charge in [-0.05, 0) is 31.0 Å². The second-order valence-electron chi connectivity index (χ2n) is 7.41. The number of benzene rings is 2. The van der Waals surface area contributed by atoms with Crippen molar-refractivity contribution in [3.05, 3.63) is 69.7 Å². The first-order valence-corrected chi connectivity index (χ1v) is 12.2. The number of anilines is 2. The molecule has 2 heterocycles. The summed E-state index contributed by atoms with van der Waals surface area (Å²) < 4.78 is 1.98. The number of carbonyl (C=O) groups is 1. The van der Waals surface area contributed by atoms with Gasteiger partial charge in [-0.25, -0.2) is 4.98 Å². The van der Waals surface area contributed by atoms with Gasteiger partial charge in [0.15, 0.2) is 16.1 Å². The second-order valence-corrected chi connectivity index (χ2v) is 9.59. The van der Waals surface area contributed by atoms with Crippen LogP contribution in [0.2, 0.25) is 5.02 Å². The number of carbonyl (C=O) groups excluding carboxylic acids is 1. The molecule has 9 heteroatoms. The molecule has 1 amide bonds. The Hall–Kier alpha value is -2.68. The maximum absolute atomic E-state index is 12.5. The lowest BCUT2D eigenvalue weighted by Crippen LogP contribution is -2.24. The number of nitrogens with zero attached hydrogens (tertiary/aromatic N) is 5. The highest BCUT2D eigenvalue weighted by Gasteiger charge is 2.23. The number of amides is 1. The van der Waals surface area contributed by atoms with Crippen molar-refractivity contribution in [1.82, 2.24) is 19.7 Å². The Bertz CT molecular complexity index is 1250. The summed E-state index contributed by atoms with van der Waals surface area (Å²) in [7, 11) is 1.96. The van der Waals surface area contributed by atoms with Crippen molar-refractivity contribution >= 4 is 51.4 Å². The fourth-order valence-corrected chi connectivity index (χ4v) is 5.65. The molecule has 0 aliphatic rings. The SMILES string of the molecule is CC(=O)N(c1nc(CSc2nnc(-c3ccccc3)n2C)cs1)c1c(C)cc(C)cc1Cl. The summed E-state index contributed by atoms with van der Waals surface area (Å²) in [5, 5.41) is 12.6. The van der Waals surface area contributed by atoms with E-state index in [1.54, 1.807) is 16.7 Å². The zero-order valence-electron chi connectivity index (χ0n) is 18.2. The number of aromatic nitrogens is 4. The Labute approximate surface area is 200 Å². The molecule has 4 aromatic rings. The normalized spacial score (nSPS) is 11.0. The maximum atomic E-state index is 12.5. The molecular formula is C23H22ClN5OS2. The summed E-state index contributed by atoms with van der Waals surface area (Å²) in [6.45, 7) is 5.46. The second kappa shape index (κ2) is 9.44. The average Bonchev–Trinajstić information content (AvgIpc) is 3.36. The first-order chi connectivity index (χ1) is 15.3. The van der Waals surface area contributed by atoms with Gasteiger partial charge in [-0.15, -0.1) is 21.5 Å². The van der Waals surface area contributed by atoms with Crippen LogP contribution in [0.4, 0.5) is 10.8 Å². The van der Waals surface area contributed by atoms with Crippen LogP contribution in [-0.2, 0) is 17.6 Å². The Morgan fingerprint density at radius 3 is 2.62 bits per heavy atom. The van der Waals surface area contributed by atoms with Crippen LogP contribution in [-0.4, -0.2) is 25.7 Å². The van der Waals surface area contributed by atoms with Crippen molar-refractivity contribution in [3.63, 3.8) is 0 Å². The third kappa shape index (κ3) is 4.57. The van der Waals surface area contributed by atoms with Gasteiger partial charge in [0.25, 0.3) is 0 Å². The fraction of sp³-hybridized carbons (Fsp3) is 0.217. The summed E-state index contributed by atoms with van der Waals surface area (Å²) in [5.41, 5.74) is 4.55. The molecule has 0 aliphatic carbocycles. The van der Waals surface area contributed by atoms with Gasteiger partial charge in [-0.2, -0.15) is 0 Å². The number of thioether (sulfide) groups is 1. The summed E-state index contributed by atoms with van der Waals surface area (Å²) >= 11 is 9.48. The number of hydrogen-bond acceptors (Lipinski definition) is 6. The van der Waals surface area contributed by atoms with E-state index in [0.29, 0.717) is 21.6 Å². The maximum Gasteiger partial charge on any atom is 0.230 e. The van der Waals surface area contributed by atoms with Gasteiger partial charge < -0.3 is 4.57 Å². The van der Waals surface area contributed by atoms with E-state index in [2.05, 4.69) is 10.2 Å². The van der Waals surface area contributed by atoms with E-state index < -0.39 is 0 Å². The minimum atomic E-state index is -0.131. The van der Waals surface area contributed by atoms with Crippen LogP contribution in [0.15, 0.2) is 53.0 Å². The van der Waals surface area contributed by atoms with Gasteiger partial charge in [-0.3, -0.25) is 9.69 Å². The quantitative estimate of drug-likeness (QED) is 0.306. The Morgan fingerprint density at radius 2 is 1.94 bits per heavy atom. The fourth-order valence-electron chi connectivity index (χ4n) is 3.46. The van der Waals surface area contributed by atoms with Crippen molar-refractivity contribution < 1.29 is 4.79 Å². The van der Waals surface area contributed by atoms with Crippen molar-refractivity contribution in [3.8, 4) is 11.4 Å². The van der Waals surface area contributed by atoms with E-state index >= 15 is 0 Å². The molecule has 0 fully saturated rings. The molecule has 0 atom stereocenters. The Balaban J connectivity index is 1.54. The average molecular weight is 484 g/mol. The summed E-state index contributed by atoms with van der Waals surface area (Å²) in [6.07, 6.45) is 0. The zero-order chi connectivity index (χ0) is 22.8. The molecule has 0 spiro atoms. The van der Waals surface area contributed by atoms with Gasteiger partial charge in [-0.1, -0.05) is 59.8 Å². The molecule has 0 unspecified atom stereocenters. The number of thiazole rings is 1. The lowest BCUT2D eigenvalue weighted by Gasteiger charge is -2.22. The molecule has 164 valence electrons. The van der Waals surface area contributed by atoms with E-state index in [1.165, 1.54) is 18.3 Å². The van der Waals surface area contributed by atoms with E-state index in [0.717, 1.165) is 33.4 Å². The number of aryl methyl sites for hydroxylation is 2. The van der Waals surface area contributed by atoms with Crippen LogP contribution in [0.1, 0.15) is 23.7 Å². The predicted octanol–water partition coefficient (Wildman–Crippen LogP) is 6.19. The molecule has 0 radical (unpaired) electrons. The van der Waals surface area contributed by atoms with E-state index in [4.69, 9.17) is 16.6 Å². The molecule has 0 saturated carbocycles. The summed E-state index contributed by atoms with van der Waals surface area (Å²) in [5.74, 6) is 1.30.